The van der Waals surface area contributed by atoms with Crippen molar-refractivity contribution in [3.63, 3.8) is 0 Å². The summed E-state index contributed by atoms with van der Waals surface area (Å²) >= 11 is 0. The first-order chi connectivity index (χ1) is 12.3. The monoisotopic (exact) mass is 374 g/mol. The van der Waals surface area contributed by atoms with Crippen molar-refractivity contribution >= 4 is 11.8 Å². The Bertz CT molecular complexity index is 774. The molecule has 1 N–H and O–H groups in total. The highest BCUT2D eigenvalue weighted by molar-refractivity contribution is 6.12. The fraction of sp³-hybridized carbons (Fsp3) is 0.636. The predicted molar refractivity (Wildman–Crippen MR) is 102 cm³/mol. The van der Waals surface area contributed by atoms with Gasteiger partial charge in [-0.3, -0.25) is 9.59 Å². The number of carbonyl (C=O) groups excluding carboxylic acids is 2. The van der Waals surface area contributed by atoms with Crippen molar-refractivity contribution in [2.45, 2.75) is 58.8 Å². The fourth-order valence-electron chi connectivity index (χ4n) is 5.28. The molecule has 1 fully saturated rings. The van der Waals surface area contributed by atoms with Crippen molar-refractivity contribution in [1.29, 1.82) is 0 Å². The summed E-state index contributed by atoms with van der Waals surface area (Å²) in [5.41, 5.74) is -3.77. The molecular formula is C22H30O5. The van der Waals surface area contributed by atoms with E-state index in [4.69, 9.17) is 9.47 Å². The highest BCUT2D eigenvalue weighted by atomic mass is 16.6. The van der Waals surface area contributed by atoms with Crippen molar-refractivity contribution in [1.82, 2.24) is 0 Å². The van der Waals surface area contributed by atoms with Gasteiger partial charge in [0, 0.05) is 5.57 Å². The fourth-order valence-corrected chi connectivity index (χ4v) is 5.28. The van der Waals surface area contributed by atoms with Crippen LogP contribution in [0.2, 0.25) is 0 Å². The van der Waals surface area contributed by atoms with E-state index in [0.717, 1.165) is 0 Å². The molecule has 2 bridgehead atoms. The van der Waals surface area contributed by atoms with Crippen LogP contribution in [-0.4, -0.2) is 35.4 Å². The Morgan fingerprint density at radius 2 is 2.00 bits per heavy atom. The number of methoxy groups -OCH3 is 1. The highest BCUT2D eigenvalue weighted by Crippen LogP contribution is 2.67. The van der Waals surface area contributed by atoms with Gasteiger partial charge in [-0.05, 0) is 44.9 Å². The van der Waals surface area contributed by atoms with Gasteiger partial charge in [0.2, 0.25) is 5.79 Å². The molecule has 0 aromatic heterocycles. The van der Waals surface area contributed by atoms with E-state index in [0.29, 0.717) is 18.4 Å². The third-order valence-electron chi connectivity index (χ3n) is 7.10. The molecule has 1 aliphatic heterocycles. The lowest BCUT2D eigenvalue weighted by Crippen LogP contribution is -2.72. The van der Waals surface area contributed by atoms with E-state index in [1.807, 2.05) is 33.8 Å². The maximum atomic E-state index is 13.9. The Labute approximate surface area is 161 Å². The lowest BCUT2D eigenvalue weighted by atomic mass is 9.41. The average molecular weight is 374 g/mol. The number of hydrogen-bond donors (Lipinski definition) is 1. The molecule has 1 heterocycles. The largest absolute Gasteiger partial charge is 0.468 e. The molecule has 3 aliphatic rings. The number of carbonyl (C=O) groups is 2. The van der Waals surface area contributed by atoms with E-state index in [9.17, 15) is 14.7 Å². The second kappa shape index (κ2) is 5.65. The van der Waals surface area contributed by atoms with E-state index < -0.39 is 33.6 Å². The quantitative estimate of drug-likeness (QED) is 0.466. The zero-order chi connectivity index (χ0) is 20.5. The number of hydrogen-bond acceptors (Lipinski definition) is 5. The van der Waals surface area contributed by atoms with Crippen molar-refractivity contribution in [2.24, 2.45) is 22.2 Å². The standard InChI is InChI=1S/C22H30O5/c1-8-9-14-12-20(6)16(23)21(17(24)26-7,19(14,4)5)13-15-10-11-18(2,3)27-22(15,20)25/h8,10-11,13-14,25H,1,9,12H2,2-7H3/t14-,20-,21-,22-/m0/s1. The summed E-state index contributed by atoms with van der Waals surface area (Å²) in [6, 6.07) is 0. The van der Waals surface area contributed by atoms with E-state index in [-0.39, 0.29) is 11.7 Å². The van der Waals surface area contributed by atoms with Crippen LogP contribution in [0.4, 0.5) is 0 Å². The maximum Gasteiger partial charge on any atom is 0.323 e. The molecule has 5 nitrogen and oxygen atoms in total. The SMILES string of the molecule is C=CC[C@H]1C[C@@]2(C)C(=O)[C@](C(=O)OC)(C=C3C=CC(C)(C)O[C@@]32O)C1(C)C. The number of Topliss-reactive ketones (excluding diaryl/α,β-unsaturated/α-hetero) is 1. The van der Waals surface area contributed by atoms with Crippen LogP contribution in [0.5, 0.6) is 0 Å². The van der Waals surface area contributed by atoms with Gasteiger partial charge in [-0.25, -0.2) is 0 Å². The second-order valence-electron chi connectivity index (χ2n) is 9.39. The molecule has 0 aromatic rings. The smallest absolute Gasteiger partial charge is 0.323 e. The summed E-state index contributed by atoms with van der Waals surface area (Å²) in [5.74, 6) is -2.79. The molecule has 148 valence electrons. The Kier molecular flexibility index (Phi) is 4.19. The highest BCUT2D eigenvalue weighted by Gasteiger charge is 2.75. The topological polar surface area (TPSA) is 72.8 Å². The minimum absolute atomic E-state index is 0.0590. The van der Waals surface area contributed by atoms with Gasteiger partial charge in [-0.1, -0.05) is 38.2 Å². The van der Waals surface area contributed by atoms with Crippen LogP contribution in [-0.2, 0) is 19.1 Å². The molecule has 4 atom stereocenters. The molecule has 0 radical (unpaired) electrons. The number of fused-ring (bicyclic) bond motifs is 4. The Morgan fingerprint density at radius 1 is 1.37 bits per heavy atom. The molecule has 0 amide bonds. The molecule has 27 heavy (non-hydrogen) atoms. The van der Waals surface area contributed by atoms with E-state index in [2.05, 4.69) is 6.58 Å². The first-order valence-electron chi connectivity index (χ1n) is 9.42. The summed E-state index contributed by atoms with van der Waals surface area (Å²) in [5, 5.41) is 11.7. The molecule has 1 saturated carbocycles. The minimum atomic E-state index is -1.80. The zero-order valence-electron chi connectivity index (χ0n) is 17.1. The summed E-state index contributed by atoms with van der Waals surface area (Å²) in [7, 11) is 1.30. The van der Waals surface area contributed by atoms with E-state index >= 15 is 0 Å². The Hall–Kier alpha value is -1.72. The molecule has 5 heteroatoms. The molecule has 0 unspecified atom stereocenters. The first-order valence-corrected chi connectivity index (χ1v) is 9.42. The molecule has 0 aromatic carbocycles. The Balaban J connectivity index is 2.38. The van der Waals surface area contributed by atoms with Crippen LogP contribution in [0.25, 0.3) is 0 Å². The summed E-state index contributed by atoms with van der Waals surface area (Å²) in [6.45, 7) is 13.1. The third-order valence-corrected chi connectivity index (χ3v) is 7.10. The molecular weight excluding hydrogens is 344 g/mol. The van der Waals surface area contributed by atoms with Crippen molar-refractivity contribution in [3.8, 4) is 0 Å². The molecule has 3 rings (SSSR count). The summed E-state index contributed by atoms with van der Waals surface area (Å²) in [6.07, 6.45) is 8.00. The zero-order valence-corrected chi connectivity index (χ0v) is 17.1. The summed E-state index contributed by atoms with van der Waals surface area (Å²) < 4.78 is 11.2. The average Bonchev–Trinajstić information content (AvgIpc) is 2.56. The molecule has 0 spiro atoms. The van der Waals surface area contributed by atoms with Crippen LogP contribution in [0.1, 0.15) is 47.5 Å². The van der Waals surface area contributed by atoms with E-state index in [1.54, 1.807) is 25.2 Å². The van der Waals surface area contributed by atoms with Crippen molar-refractivity contribution in [3.05, 3.63) is 36.5 Å². The van der Waals surface area contributed by atoms with E-state index in [1.165, 1.54) is 7.11 Å². The number of esters is 1. The Morgan fingerprint density at radius 3 is 2.56 bits per heavy atom. The number of aliphatic hydroxyl groups is 1. The third kappa shape index (κ3) is 2.24. The van der Waals surface area contributed by atoms with Gasteiger partial charge in [-0.15, -0.1) is 6.58 Å². The summed E-state index contributed by atoms with van der Waals surface area (Å²) in [4.78, 5) is 26.9. The molecule has 0 saturated heterocycles. The van der Waals surface area contributed by atoms with Gasteiger partial charge in [-0.2, -0.15) is 0 Å². The maximum absolute atomic E-state index is 13.9. The number of ketones is 1. The van der Waals surface area contributed by atoms with Gasteiger partial charge in [0.25, 0.3) is 0 Å². The van der Waals surface area contributed by atoms with Crippen LogP contribution >= 0.6 is 0 Å². The van der Waals surface area contributed by atoms with Crippen LogP contribution < -0.4 is 0 Å². The lowest BCUT2D eigenvalue weighted by molar-refractivity contribution is -0.292. The van der Waals surface area contributed by atoms with Gasteiger partial charge in [0.1, 0.15) is 0 Å². The van der Waals surface area contributed by atoms with Crippen LogP contribution in [0, 0.1) is 22.2 Å². The van der Waals surface area contributed by atoms with Gasteiger partial charge in [0.15, 0.2) is 11.2 Å². The van der Waals surface area contributed by atoms with Gasteiger partial charge < -0.3 is 14.6 Å². The van der Waals surface area contributed by atoms with Gasteiger partial charge in [0.05, 0.1) is 18.1 Å². The number of rotatable bonds is 3. The van der Waals surface area contributed by atoms with Crippen LogP contribution in [0.15, 0.2) is 36.5 Å². The lowest BCUT2D eigenvalue weighted by Gasteiger charge is -2.63. The first kappa shape index (κ1) is 20.0. The van der Waals surface area contributed by atoms with Crippen LogP contribution in [0.3, 0.4) is 0 Å². The van der Waals surface area contributed by atoms with Gasteiger partial charge >= 0.3 is 5.97 Å². The predicted octanol–water partition coefficient (Wildman–Crippen LogP) is 3.34. The van der Waals surface area contributed by atoms with Crippen molar-refractivity contribution in [2.75, 3.05) is 7.11 Å². The minimum Gasteiger partial charge on any atom is -0.468 e. The second-order valence-corrected chi connectivity index (χ2v) is 9.39. The number of ether oxygens (including phenoxy) is 2. The normalized spacial score (nSPS) is 41.4. The van der Waals surface area contributed by atoms with Crippen molar-refractivity contribution < 1.29 is 24.2 Å². The number of allylic oxidation sites excluding steroid dienone is 1. The molecule has 2 aliphatic carbocycles.